The summed E-state index contributed by atoms with van der Waals surface area (Å²) in [5.74, 6) is 1.04. The molecule has 0 saturated carbocycles. The normalized spacial score (nSPS) is 16.7. The van der Waals surface area contributed by atoms with Gasteiger partial charge in [-0.1, -0.05) is 23.7 Å². The van der Waals surface area contributed by atoms with E-state index in [0.717, 1.165) is 16.5 Å². The molecule has 4 heterocycles. The highest BCUT2D eigenvalue weighted by Gasteiger charge is 2.27. The number of nitrogens with zero attached hydrogens (tertiary/aromatic N) is 5. The Balaban J connectivity index is 1.44. The van der Waals surface area contributed by atoms with Gasteiger partial charge in [-0.25, -0.2) is 32.7 Å². The van der Waals surface area contributed by atoms with Gasteiger partial charge in [-0.3, -0.25) is 0 Å². The fourth-order valence-electron chi connectivity index (χ4n) is 4.15. The molecule has 1 fully saturated rings. The summed E-state index contributed by atoms with van der Waals surface area (Å²) < 4.78 is 31.5. The van der Waals surface area contributed by atoms with Crippen molar-refractivity contribution in [1.29, 1.82) is 0 Å². The van der Waals surface area contributed by atoms with Crippen LogP contribution < -0.4 is 10.1 Å². The summed E-state index contributed by atoms with van der Waals surface area (Å²) in [7, 11) is -3.21. The molecule has 5 rings (SSSR count). The van der Waals surface area contributed by atoms with Crippen molar-refractivity contribution in [3.63, 3.8) is 0 Å². The van der Waals surface area contributed by atoms with E-state index in [1.807, 2.05) is 25.1 Å². The van der Waals surface area contributed by atoms with Crippen molar-refractivity contribution in [3.05, 3.63) is 47.6 Å². The van der Waals surface area contributed by atoms with Crippen LogP contribution in [0.3, 0.4) is 0 Å². The van der Waals surface area contributed by atoms with Gasteiger partial charge in [0.1, 0.15) is 17.9 Å². The van der Waals surface area contributed by atoms with E-state index in [-0.39, 0.29) is 12.1 Å². The zero-order valence-electron chi connectivity index (χ0n) is 18.7. The summed E-state index contributed by atoms with van der Waals surface area (Å²) in [4.78, 5) is 20.6. The van der Waals surface area contributed by atoms with Crippen LogP contribution in [-0.2, 0) is 10.0 Å². The molecule has 12 heteroatoms. The molecule has 10 nitrogen and oxygen atoms in total. The SMILES string of the molecule is C[C@@H](Nc1ncnc2[nH]cnc12)c1cc2cccc(Cl)c2c(OC2CCN(S(C)(=O)=O)CC2)n1. The molecule has 1 saturated heterocycles. The molecule has 1 aliphatic heterocycles. The maximum atomic E-state index is 11.8. The standard InChI is InChI=1S/C22H24ClN7O3S/c1-13(28-21-19-20(25-11-24-19)26-12-27-21)17-10-14-4-3-5-16(23)18(14)22(29-17)33-15-6-8-30(9-7-15)34(2,31)32/h3-5,10-13,15H,6-9H2,1-2H3,(H2,24,25,26,27,28)/t13-/m1/s1. The molecule has 1 atom stereocenters. The van der Waals surface area contributed by atoms with Crippen molar-refractivity contribution in [2.45, 2.75) is 31.9 Å². The third kappa shape index (κ3) is 4.50. The average molecular weight is 502 g/mol. The second-order valence-electron chi connectivity index (χ2n) is 8.36. The van der Waals surface area contributed by atoms with E-state index in [1.165, 1.54) is 16.9 Å². The van der Waals surface area contributed by atoms with Gasteiger partial charge in [0.25, 0.3) is 0 Å². The second kappa shape index (κ2) is 8.97. The molecule has 0 radical (unpaired) electrons. The topological polar surface area (TPSA) is 126 Å². The van der Waals surface area contributed by atoms with Gasteiger partial charge >= 0.3 is 0 Å². The number of fused-ring (bicyclic) bond motifs is 2. The highest BCUT2D eigenvalue weighted by molar-refractivity contribution is 7.88. The predicted molar refractivity (Wildman–Crippen MR) is 131 cm³/mol. The Kier molecular flexibility index (Phi) is 6.00. The molecule has 2 N–H and O–H groups in total. The number of aromatic nitrogens is 5. The minimum absolute atomic E-state index is 0.158. The van der Waals surface area contributed by atoms with Gasteiger partial charge in [-0.15, -0.1) is 0 Å². The predicted octanol–water partition coefficient (Wildman–Crippen LogP) is 3.53. The van der Waals surface area contributed by atoms with E-state index < -0.39 is 10.0 Å². The van der Waals surface area contributed by atoms with Crippen LogP contribution in [-0.4, -0.2) is 63.1 Å². The number of aromatic amines is 1. The quantitative estimate of drug-likeness (QED) is 0.411. The molecule has 178 valence electrons. The number of sulfonamides is 1. The molecular weight excluding hydrogens is 478 g/mol. The van der Waals surface area contributed by atoms with Crippen molar-refractivity contribution in [3.8, 4) is 5.88 Å². The Hall–Kier alpha value is -3.02. The summed E-state index contributed by atoms with van der Waals surface area (Å²) in [6, 6.07) is 7.42. The third-order valence-corrected chi connectivity index (χ3v) is 7.57. The maximum Gasteiger partial charge on any atom is 0.223 e. The average Bonchev–Trinajstić information content (AvgIpc) is 3.29. The van der Waals surface area contributed by atoms with Crippen LogP contribution in [0.25, 0.3) is 21.9 Å². The van der Waals surface area contributed by atoms with Crippen molar-refractivity contribution in [1.82, 2.24) is 29.2 Å². The lowest BCUT2D eigenvalue weighted by atomic mass is 10.1. The Bertz CT molecular complexity index is 1450. The molecule has 3 aromatic heterocycles. The minimum atomic E-state index is -3.21. The first-order chi connectivity index (χ1) is 16.3. The highest BCUT2D eigenvalue weighted by atomic mass is 35.5. The minimum Gasteiger partial charge on any atom is -0.474 e. The van der Waals surface area contributed by atoms with Crippen LogP contribution in [0.2, 0.25) is 5.02 Å². The molecule has 34 heavy (non-hydrogen) atoms. The Morgan fingerprint density at radius 2 is 2.03 bits per heavy atom. The van der Waals surface area contributed by atoms with Crippen molar-refractivity contribution in [2.75, 3.05) is 24.7 Å². The Labute approximate surface area is 201 Å². The summed E-state index contributed by atoms with van der Waals surface area (Å²) in [6.07, 6.45) is 5.28. The molecule has 0 bridgehead atoms. The van der Waals surface area contributed by atoms with Gasteiger partial charge < -0.3 is 15.0 Å². The molecule has 0 spiro atoms. The zero-order valence-corrected chi connectivity index (χ0v) is 20.3. The number of piperidine rings is 1. The van der Waals surface area contributed by atoms with Crippen LogP contribution in [0.15, 0.2) is 36.9 Å². The highest BCUT2D eigenvalue weighted by Crippen LogP contribution is 2.35. The van der Waals surface area contributed by atoms with Crippen molar-refractivity contribution >= 4 is 49.4 Å². The zero-order chi connectivity index (χ0) is 23.9. The number of imidazole rings is 1. The summed E-state index contributed by atoms with van der Waals surface area (Å²) in [5.41, 5.74) is 2.04. The van der Waals surface area contributed by atoms with E-state index >= 15 is 0 Å². The van der Waals surface area contributed by atoms with Gasteiger partial charge in [0, 0.05) is 13.1 Å². The van der Waals surface area contributed by atoms with Gasteiger partial charge in [0.15, 0.2) is 11.5 Å². The van der Waals surface area contributed by atoms with Crippen LogP contribution in [0.1, 0.15) is 31.5 Å². The van der Waals surface area contributed by atoms with Crippen LogP contribution in [0, 0.1) is 0 Å². The first kappa shape index (κ1) is 22.8. The molecule has 4 aromatic rings. The number of nitrogens with one attached hydrogen (secondary N) is 2. The summed E-state index contributed by atoms with van der Waals surface area (Å²) in [6.45, 7) is 2.81. The van der Waals surface area contributed by atoms with Gasteiger partial charge in [-0.05, 0) is 37.3 Å². The fraction of sp³-hybridized carbons (Fsp3) is 0.364. The Morgan fingerprint density at radius 1 is 1.24 bits per heavy atom. The molecule has 1 aromatic carbocycles. The summed E-state index contributed by atoms with van der Waals surface area (Å²) >= 11 is 6.53. The first-order valence-electron chi connectivity index (χ1n) is 10.9. The first-order valence-corrected chi connectivity index (χ1v) is 13.1. The number of halogens is 1. The maximum absolute atomic E-state index is 11.8. The number of hydrogen-bond acceptors (Lipinski definition) is 8. The van der Waals surface area contributed by atoms with E-state index in [4.69, 9.17) is 21.3 Å². The van der Waals surface area contributed by atoms with Gasteiger partial charge in [-0.2, -0.15) is 0 Å². The third-order valence-electron chi connectivity index (χ3n) is 5.96. The lowest BCUT2D eigenvalue weighted by Gasteiger charge is -2.30. The lowest BCUT2D eigenvalue weighted by Crippen LogP contribution is -2.41. The van der Waals surface area contributed by atoms with E-state index in [9.17, 15) is 8.42 Å². The van der Waals surface area contributed by atoms with Crippen molar-refractivity contribution < 1.29 is 13.2 Å². The number of anilines is 1. The number of benzene rings is 1. The molecule has 0 aliphatic carbocycles. The second-order valence-corrected chi connectivity index (χ2v) is 10.7. The number of H-pyrrole nitrogens is 1. The molecular formula is C22H24ClN7O3S. The van der Waals surface area contributed by atoms with Crippen LogP contribution in [0.4, 0.5) is 5.82 Å². The van der Waals surface area contributed by atoms with E-state index in [1.54, 1.807) is 12.4 Å². The number of ether oxygens (including phenoxy) is 1. The number of pyridine rings is 1. The summed E-state index contributed by atoms with van der Waals surface area (Å²) in [5, 5.41) is 5.56. The lowest BCUT2D eigenvalue weighted by molar-refractivity contribution is 0.132. The van der Waals surface area contributed by atoms with Gasteiger partial charge in [0.2, 0.25) is 15.9 Å². The molecule has 0 unspecified atom stereocenters. The van der Waals surface area contributed by atoms with E-state index in [0.29, 0.717) is 53.8 Å². The number of rotatable bonds is 6. The fourth-order valence-corrected chi connectivity index (χ4v) is 5.28. The van der Waals surface area contributed by atoms with Crippen LogP contribution >= 0.6 is 11.6 Å². The van der Waals surface area contributed by atoms with Crippen molar-refractivity contribution in [2.24, 2.45) is 0 Å². The smallest absolute Gasteiger partial charge is 0.223 e. The molecule has 0 amide bonds. The molecule has 1 aliphatic rings. The monoisotopic (exact) mass is 501 g/mol. The van der Waals surface area contributed by atoms with Gasteiger partial charge in [0.05, 0.1) is 34.7 Å². The van der Waals surface area contributed by atoms with Crippen LogP contribution in [0.5, 0.6) is 5.88 Å². The van der Waals surface area contributed by atoms with E-state index in [2.05, 4.69) is 25.3 Å². The Morgan fingerprint density at radius 3 is 2.79 bits per heavy atom. The largest absolute Gasteiger partial charge is 0.474 e. The number of hydrogen-bond donors (Lipinski definition) is 2.